The lowest BCUT2D eigenvalue weighted by Crippen LogP contribution is -2.50. The van der Waals surface area contributed by atoms with Gasteiger partial charge in [-0.2, -0.15) is 4.72 Å². The number of carbonyl (C=O) groups is 1. The van der Waals surface area contributed by atoms with Gasteiger partial charge < -0.3 is 10.1 Å². The number of aryl methyl sites for hydroxylation is 1. The highest BCUT2D eigenvalue weighted by Crippen LogP contribution is 2.26. The molecule has 0 saturated heterocycles. The molecule has 0 fully saturated rings. The van der Waals surface area contributed by atoms with E-state index in [1.807, 2.05) is 32.0 Å². The van der Waals surface area contributed by atoms with Crippen molar-refractivity contribution in [1.29, 1.82) is 0 Å². The van der Waals surface area contributed by atoms with E-state index in [0.29, 0.717) is 10.8 Å². The van der Waals surface area contributed by atoms with Crippen LogP contribution in [-0.4, -0.2) is 27.5 Å². The molecule has 2 rings (SSSR count). The van der Waals surface area contributed by atoms with E-state index in [1.165, 1.54) is 12.1 Å². The van der Waals surface area contributed by atoms with Gasteiger partial charge >= 0.3 is 0 Å². The van der Waals surface area contributed by atoms with Crippen molar-refractivity contribution < 1.29 is 17.9 Å². The maximum absolute atomic E-state index is 12.9. The van der Waals surface area contributed by atoms with E-state index in [2.05, 4.69) is 10.0 Å². The summed E-state index contributed by atoms with van der Waals surface area (Å²) in [4.78, 5) is 12.9. The third kappa shape index (κ3) is 5.95. The van der Waals surface area contributed by atoms with Crippen molar-refractivity contribution in [3.63, 3.8) is 0 Å². The Morgan fingerprint density at radius 3 is 2.38 bits per heavy atom. The highest BCUT2D eigenvalue weighted by molar-refractivity contribution is 7.89. The molecule has 2 N–H and O–H groups in total. The molecule has 0 radical (unpaired) electrons. The summed E-state index contributed by atoms with van der Waals surface area (Å²) in [5, 5.41) is 3.20. The van der Waals surface area contributed by atoms with Crippen molar-refractivity contribution in [1.82, 2.24) is 10.0 Å². The Labute approximate surface area is 177 Å². The number of hydrogen-bond acceptors (Lipinski definition) is 4. The molecule has 8 heteroatoms. The molecule has 2 atom stereocenters. The number of hydrogen-bond donors (Lipinski definition) is 2. The van der Waals surface area contributed by atoms with E-state index in [0.717, 1.165) is 11.1 Å². The van der Waals surface area contributed by atoms with Crippen molar-refractivity contribution in [3.05, 3.63) is 58.6 Å². The molecular weight excluding hydrogens is 412 g/mol. The topological polar surface area (TPSA) is 84.5 Å². The summed E-state index contributed by atoms with van der Waals surface area (Å²) < 4.78 is 33.4. The van der Waals surface area contributed by atoms with Gasteiger partial charge in [0.25, 0.3) is 0 Å². The average molecular weight is 439 g/mol. The van der Waals surface area contributed by atoms with E-state index in [9.17, 15) is 13.2 Å². The van der Waals surface area contributed by atoms with Crippen LogP contribution in [0.5, 0.6) is 5.75 Å². The van der Waals surface area contributed by atoms with Crippen LogP contribution < -0.4 is 14.8 Å². The summed E-state index contributed by atoms with van der Waals surface area (Å²) in [6, 6.07) is 10.3. The summed E-state index contributed by atoms with van der Waals surface area (Å²) in [5.74, 6) is -0.0266. The SMILES string of the molecule is COc1ccc(C)cc1[C@@H](C)NC(=O)[C@H](NS(=O)(=O)c1cccc(Cl)c1)C(C)C. The van der Waals surface area contributed by atoms with E-state index in [1.54, 1.807) is 33.1 Å². The Hall–Kier alpha value is -2.09. The van der Waals surface area contributed by atoms with Crippen molar-refractivity contribution >= 4 is 27.5 Å². The molecule has 6 nitrogen and oxygen atoms in total. The second kappa shape index (κ2) is 9.61. The molecule has 0 unspecified atom stereocenters. The lowest BCUT2D eigenvalue weighted by molar-refractivity contribution is -0.124. The molecule has 0 aliphatic carbocycles. The Bertz CT molecular complexity index is 976. The highest BCUT2D eigenvalue weighted by Gasteiger charge is 2.29. The van der Waals surface area contributed by atoms with Crippen LogP contribution in [0.1, 0.15) is 37.9 Å². The number of halogens is 1. The van der Waals surface area contributed by atoms with Crippen LogP contribution >= 0.6 is 11.6 Å². The maximum Gasteiger partial charge on any atom is 0.241 e. The first kappa shape index (κ1) is 23.2. The fourth-order valence-electron chi connectivity index (χ4n) is 2.93. The minimum Gasteiger partial charge on any atom is -0.496 e. The maximum atomic E-state index is 12.9. The van der Waals surface area contributed by atoms with Gasteiger partial charge in [0, 0.05) is 10.6 Å². The lowest BCUT2D eigenvalue weighted by atomic mass is 10.0. The first-order valence-corrected chi connectivity index (χ1v) is 11.1. The molecule has 158 valence electrons. The monoisotopic (exact) mass is 438 g/mol. The van der Waals surface area contributed by atoms with Gasteiger partial charge in [-0.3, -0.25) is 4.79 Å². The summed E-state index contributed by atoms with van der Waals surface area (Å²) >= 11 is 5.91. The Morgan fingerprint density at radius 2 is 1.79 bits per heavy atom. The fourth-order valence-corrected chi connectivity index (χ4v) is 4.58. The standard InChI is InChI=1S/C21H27ClN2O4S/c1-13(2)20(24-29(26,27)17-8-6-7-16(22)12-17)21(25)23-15(4)18-11-14(3)9-10-19(18)28-5/h6-13,15,20,24H,1-5H3,(H,23,25)/t15-,20-/m1/s1. The number of sulfonamides is 1. The van der Waals surface area contributed by atoms with Crippen LogP contribution in [-0.2, 0) is 14.8 Å². The fraction of sp³-hybridized carbons (Fsp3) is 0.381. The largest absolute Gasteiger partial charge is 0.496 e. The molecule has 2 aromatic carbocycles. The van der Waals surface area contributed by atoms with Gasteiger partial charge in [0.1, 0.15) is 11.8 Å². The first-order chi connectivity index (χ1) is 13.5. The van der Waals surface area contributed by atoms with E-state index < -0.39 is 22.0 Å². The first-order valence-electron chi connectivity index (χ1n) is 9.28. The zero-order valence-electron chi connectivity index (χ0n) is 17.2. The lowest BCUT2D eigenvalue weighted by Gasteiger charge is -2.25. The van der Waals surface area contributed by atoms with Crippen LogP contribution in [0, 0.1) is 12.8 Å². The Kier molecular flexibility index (Phi) is 7.68. The summed E-state index contributed by atoms with van der Waals surface area (Å²) in [5.41, 5.74) is 1.85. The predicted molar refractivity (Wildman–Crippen MR) is 115 cm³/mol. The van der Waals surface area contributed by atoms with Crippen LogP contribution in [0.2, 0.25) is 5.02 Å². The van der Waals surface area contributed by atoms with E-state index in [4.69, 9.17) is 16.3 Å². The minimum absolute atomic E-state index is 0.0110. The third-order valence-corrected chi connectivity index (χ3v) is 6.22. The van der Waals surface area contributed by atoms with E-state index >= 15 is 0 Å². The molecular formula is C21H27ClN2O4S. The molecule has 0 aliphatic rings. The quantitative estimate of drug-likeness (QED) is 0.655. The summed E-state index contributed by atoms with van der Waals surface area (Å²) in [6.45, 7) is 7.34. The van der Waals surface area contributed by atoms with Crippen molar-refractivity contribution in [2.75, 3.05) is 7.11 Å². The summed E-state index contributed by atoms with van der Waals surface area (Å²) in [7, 11) is -2.34. The number of benzene rings is 2. The van der Waals surface area contributed by atoms with Gasteiger partial charge in [-0.05, 0) is 44.0 Å². The van der Waals surface area contributed by atoms with Crippen molar-refractivity contribution in [2.24, 2.45) is 5.92 Å². The van der Waals surface area contributed by atoms with Gasteiger partial charge in [0.15, 0.2) is 0 Å². The number of carbonyl (C=O) groups excluding carboxylic acids is 1. The average Bonchev–Trinajstić information content (AvgIpc) is 2.65. The number of nitrogens with one attached hydrogen (secondary N) is 2. The molecule has 29 heavy (non-hydrogen) atoms. The molecule has 0 aliphatic heterocycles. The predicted octanol–water partition coefficient (Wildman–Crippen LogP) is 3.84. The van der Waals surface area contributed by atoms with Gasteiger partial charge in [-0.15, -0.1) is 0 Å². The second-order valence-corrected chi connectivity index (χ2v) is 9.43. The number of rotatable bonds is 8. The summed E-state index contributed by atoms with van der Waals surface area (Å²) in [6.07, 6.45) is 0. The van der Waals surface area contributed by atoms with Crippen LogP contribution in [0.25, 0.3) is 0 Å². The van der Waals surface area contributed by atoms with Gasteiger partial charge in [0.2, 0.25) is 15.9 Å². The number of ether oxygens (including phenoxy) is 1. The Morgan fingerprint density at radius 1 is 1.10 bits per heavy atom. The zero-order chi connectivity index (χ0) is 21.8. The molecule has 0 heterocycles. The molecule has 0 aromatic heterocycles. The third-order valence-electron chi connectivity index (χ3n) is 4.55. The molecule has 1 amide bonds. The van der Waals surface area contributed by atoms with Crippen LogP contribution in [0.3, 0.4) is 0 Å². The van der Waals surface area contributed by atoms with Gasteiger partial charge in [0.05, 0.1) is 18.0 Å². The molecule has 0 saturated carbocycles. The van der Waals surface area contributed by atoms with Gasteiger partial charge in [-0.25, -0.2) is 8.42 Å². The molecule has 2 aromatic rings. The Balaban J connectivity index is 2.23. The number of amides is 1. The van der Waals surface area contributed by atoms with Crippen LogP contribution in [0.15, 0.2) is 47.4 Å². The second-order valence-electron chi connectivity index (χ2n) is 7.28. The smallest absolute Gasteiger partial charge is 0.241 e. The normalized spacial score (nSPS) is 13.8. The van der Waals surface area contributed by atoms with Crippen LogP contribution in [0.4, 0.5) is 0 Å². The van der Waals surface area contributed by atoms with Gasteiger partial charge in [-0.1, -0.05) is 49.2 Å². The minimum atomic E-state index is -3.91. The van der Waals surface area contributed by atoms with E-state index in [-0.39, 0.29) is 16.9 Å². The van der Waals surface area contributed by atoms with Crippen molar-refractivity contribution in [2.45, 2.75) is 44.7 Å². The highest BCUT2D eigenvalue weighted by atomic mass is 35.5. The van der Waals surface area contributed by atoms with Crippen molar-refractivity contribution in [3.8, 4) is 5.75 Å². The molecule has 0 bridgehead atoms. The zero-order valence-corrected chi connectivity index (χ0v) is 18.8. The number of methoxy groups -OCH3 is 1. The molecule has 0 spiro atoms.